The van der Waals surface area contributed by atoms with Crippen molar-refractivity contribution in [3.63, 3.8) is 0 Å². The van der Waals surface area contributed by atoms with Crippen molar-refractivity contribution in [1.82, 2.24) is 10.2 Å². The molecular weight excluding hydrogens is 369 g/mol. The van der Waals surface area contributed by atoms with E-state index in [-0.39, 0.29) is 36.4 Å². The fourth-order valence-electron chi connectivity index (χ4n) is 3.59. The maximum Gasteiger partial charge on any atom is 0.220 e. The van der Waals surface area contributed by atoms with Crippen molar-refractivity contribution in [2.45, 2.75) is 25.8 Å². The Labute approximate surface area is 171 Å². The van der Waals surface area contributed by atoms with Gasteiger partial charge in [-0.25, -0.2) is 4.39 Å². The second-order valence-electron chi connectivity index (χ2n) is 7.57. The molecular formula is C23H28FN3O2. The maximum atomic E-state index is 13.9. The molecule has 1 heterocycles. The first-order valence-corrected chi connectivity index (χ1v) is 10.0. The molecule has 1 fully saturated rings. The number of halogens is 1. The molecule has 0 aromatic heterocycles. The van der Waals surface area contributed by atoms with Gasteiger partial charge < -0.3 is 15.1 Å². The number of ketones is 1. The fraction of sp³-hybridized carbons (Fsp3) is 0.391. The minimum atomic E-state index is -0.348. The molecule has 1 aliphatic rings. The molecule has 1 saturated heterocycles. The van der Waals surface area contributed by atoms with E-state index < -0.39 is 0 Å². The van der Waals surface area contributed by atoms with Crippen LogP contribution in [0.15, 0.2) is 48.5 Å². The van der Waals surface area contributed by atoms with E-state index in [4.69, 9.17) is 0 Å². The van der Waals surface area contributed by atoms with Crippen LogP contribution in [0.25, 0.3) is 0 Å². The molecule has 0 aliphatic carbocycles. The lowest BCUT2D eigenvalue weighted by Gasteiger charge is -2.36. The van der Waals surface area contributed by atoms with Crippen LogP contribution in [0, 0.1) is 5.82 Å². The Morgan fingerprint density at radius 2 is 1.72 bits per heavy atom. The maximum absolute atomic E-state index is 13.9. The summed E-state index contributed by atoms with van der Waals surface area (Å²) < 4.78 is 13.9. The van der Waals surface area contributed by atoms with E-state index in [1.54, 1.807) is 30.3 Å². The monoisotopic (exact) mass is 397 g/mol. The minimum Gasteiger partial charge on any atom is -0.369 e. The molecule has 29 heavy (non-hydrogen) atoms. The smallest absolute Gasteiger partial charge is 0.220 e. The highest BCUT2D eigenvalue weighted by atomic mass is 19.1. The van der Waals surface area contributed by atoms with Crippen molar-refractivity contribution < 1.29 is 14.0 Å². The second kappa shape index (κ2) is 9.65. The van der Waals surface area contributed by atoms with E-state index in [1.807, 2.05) is 13.0 Å². The number of rotatable bonds is 7. The number of piperazine rings is 1. The van der Waals surface area contributed by atoms with Crippen LogP contribution in [0.3, 0.4) is 0 Å². The third kappa shape index (κ3) is 5.64. The highest BCUT2D eigenvalue weighted by molar-refractivity contribution is 5.97. The number of amides is 1. The summed E-state index contributed by atoms with van der Waals surface area (Å²) in [6.07, 6.45) is 0.258. The van der Waals surface area contributed by atoms with Gasteiger partial charge in [-0.15, -0.1) is 0 Å². The SMILES string of the molecule is CC(NC(=O)CCC(=O)c1ccccc1)c1cc(F)ccc1N1CCN(C)CC1. The molecule has 0 saturated carbocycles. The zero-order valence-corrected chi connectivity index (χ0v) is 17.0. The Morgan fingerprint density at radius 1 is 1.03 bits per heavy atom. The van der Waals surface area contributed by atoms with Crippen molar-refractivity contribution in [1.29, 1.82) is 0 Å². The Hall–Kier alpha value is -2.73. The van der Waals surface area contributed by atoms with Crippen LogP contribution in [0.1, 0.15) is 41.7 Å². The summed E-state index contributed by atoms with van der Waals surface area (Å²) in [6.45, 7) is 5.46. The van der Waals surface area contributed by atoms with Crippen LogP contribution in [0.5, 0.6) is 0 Å². The topological polar surface area (TPSA) is 52.7 Å². The Morgan fingerprint density at radius 3 is 2.41 bits per heavy atom. The number of likely N-dealkylation sites (N-methyl/N-ethyl adjacent to an activating group) is 1. The van der Waals surface area contributed by atoms with Crippen LogP contribution in [0.4, 0.5) is 10.1 Å². The molecule has 1 amide bonds. The van der Waals surface area contributed by atoms with Crippen molar-refractivity contribution in [2.75, 3.05) is 38.1 Å². The van der Waals surface area contributed by atoms with Crippen LogP contribution in [-0.4, -0.2) is 49.8 Å². The normalized spacial score (nSPS) is 15.8. The standard InChI is InChI=1S/C23H28FN3O2/c1-17(25-23(29)11-10-22(28)18-6-4-3-5-7-18)20-16-19(24)8-9-21(20)27-14-12-26(2)13-15-27/h3-9,16-17H,10-15H2,1-2H3,(H,25,29). The number of anilines is 1. The number of hydrogen-bond donors (Lipinski definition) is 1. The van der Waals surface area contributed by atoms with E-state index >= 15 is 0 Å². The Balaban J connectivity index is 1.62. The Kier molecular flexibility index (Phi) is 6.99. The second-order valence-corrected chi connectivity index (χ2v) is 7.57. The van der Waals surface area contributed by atoms with Gasteiger partial charge in [0, 0.05) is 55.8 Å². The fourth-order valence-corrected chi connectivity index (χ4v) is 3.59. The van der Waals surface area contributed by atoms with E-state index in [0.29, 0.717) is 5.56 Å². The third-order valence-corrected chi connectivity index (χ3v) is 5.35. The van der Waals surface area contributed by atoms with E-state index in [9.17, 15) is 14.0 Å². The molecule has 6 heteroatoms. The molecule has 1 aliphatic heterocycles. The van der Waals surface area contributed by atoms with Gasteiger partial charge in [0.25, 0.3) is 0 Å². The van der Waals surface area contributed by atoms with Gasteiger partial charge >= 0.3 is 0 Å². The predicted octanol–water partition coefficient (Wildman–Crippen LogP) is 3.42. The lowest BCUT2D eigenvalue weighted by atomic mass is 10.0. The number of carbonyl (C=O) groups excluding carboxylic acids is 2. The summed E-state index contributed by atoms with van der Waals surface area (Å²) in [7, 11) is 2.09. The number of nitrogens with one attached hydrogen (secondary N) is 1. The van der Waals surface area contributed by atoms with Crippen LogP contribution >= 0.6 is 0 Å². The molecule has 0 radical (unpaired) electrons. The molecule has 1 N–H and O–H groups in total. The molecule has 5 nitrogen and oxygen atoms in total. The first-order chi connectivity index (χ1) is 13.9. The zero-order chi connectivity index (χ0) is 20.8. The molecule has 154 valence electrons. The predicted molar refractivity (Wildman–Crippen MR) is 113 cm³/mol. The molecule has 0 bridgehead atoms. The van der Waals surface area contributed by atoms with E-state index in [1.165, 1.54) is 12.1 Å². The van der Waals surface area contributed by atoms with Gasteiger partial charge in [0.05, 0.1) is 6.04 Å². The van der Waals surface area contributed by atoms with Gasteiger partial charge in [-0.2, -0.15) is 0 Å². The molecule has 1 unspecified atom stereocenters. The number of hydrogen-bond acceptors (Lipinski definition) is 4. The average molecular weight is 397 g/mol. The summed E-state index contributed by atoms with van der Waals surface area (Å²) in [5, 5.41) is 2.92. The largest absolute Gasteiger partial charge is 0.369 e. The van der Waals surface area contributed by atoms with Gasteiger partial charge in [0.2, 0.25) is 5.91 Å². The van der Waals surface area contributed by atoms with Gasteiger partial charge in [0.1, 0.15) is 5.82 Å². The molecule has 2 aromatic carbocycles. The van der Waals surface area contributed by atoms with Crippen LogP contribution in [-0.2, 0) is 4.79 Å². The zero-order valence-electron chi connectivity index (χ0n) is 17.0. The first-order valence-electron chi connectivity index (χ1n) is 10.0. The van der Waals surface area contributed by atoms with Gasteiger partial charge in [-0.05, 0) is 32.2 Å². The number of Topliss-reactive ketones (excluding diaryl/α,β-unsaturated/α-hetero) is 1. The molecule has 0 spiro atoms. The lowest BCUT2D eigenvalue weighted by Crippen LogP contribution is -2.45. The summed E-state index contributed by atoms with van der Waals surface area (Å²) >= 11 is 0. The van der Waals surface area contributed by atoms with E-state index in [0.717, 1.165) is 37.4 Å². The van der Waals surface area contributed by atoms with Crippen molar-refractivity contribution >= 4 is 17.4 Å². The summed E-state index contributed by atoms with van der Waals surface area (Å²) in [5.74, 6) is -0.592. The number of nitrogens with zero attached hydrogens (tertiary/aromatic N) is 2. The first kappa shape index (κ1) is 21.0. The average Bonchev–Trinajstić information content (AvgIpc) is 2.73. The molecule has 3 rings (SSSR count). The molecule has 2 aromatic rings. The molecule has 1 atom stereocenters. The van der Waals surface area contributed by atoms with Gasteiger partial charge in [0.15, 0.2) is 5.78 Å². The van der Waals surface area contributed by atoms with Crippen molar-refractivity contribution in [2.24, 2.45) is 0 Å². The quantitative estimate of drug-likeness (QED) is 0.728. The minimum absolute atomic E-state index is 0.0581. The Bertz CT molecular complexity index is 848. The number of carbonyl (C=O) groups is 2. The third-order valence-electron chi connectivity index (χ3n) is 5.35. The van der Waals surface area contributed by atoms with Crippen molar-refractivity contribution in [3.05, 3.63) is 65.5 Å². The number of benzene rings is 2. The van der Waals surface area contributed by atoms with Crippen molar-refractivity contribution in [3.8, 4) is 0 Å². The lowest BCUT2D eigenvalue weighted by molar-refractivity contribution is -0.121. The van der Waals surface area contributed by atoms with Crippen LogP contribution < -0.4 is 10.2 Å². The van der Waals surface area contributed by atoms with Crippen LogP contribution in [0.2, 0.25) is 0 Å². The summed E-state index contributed by atoms with van der Waals surface area (Å²) in [4.78, 5) is 29.1. The summed E-state index contributed by atoms with van der Waals surface area (Å²) in [6, 6.07) is 13.4. The van der Waals surface area contributed by atoms with Gasteiger partial charge in [-0.3, -0.25) is 9.59 Å². The van der Waals surface area contributed by atoms with Gasteiger partial charge in [-0.1, -0.05) is 30.3 Å². The highest BCUT2D eigenvalue weighted by Crippen LogP contribution is 2.28. The van der Waals surface area contributed by atoms with E-state index in [2.05, 4.69) is 22.2 Å². The highest BCUT2D eigenvalue weighted by Gasteiger charge is 2.21. The summed E-state index contributed by atoms with van der Waals surface area (Å²) in [5.41, 5.74) is 2.32.